The number of carbonyl (C=O) groups is 1. The van der Waals surface area contributed by atoms with E-state index in [1.165, 1.54) is 0 Å². The molecule has 0 aliphatic carbocycles. The van der Waals surface area contributed by atoms with Crippen molar-refractivity contribution in [3.05, 3.63) is 65.2 Å². The van der Waals surface area contributed by atoms with Crippen molar-refractivity contribution >= 4 is 35.0 Å². The van der Waals surface area contributed by atoms with E-state index < -0.39 is 0 Å². The van der Waals surface area contributed by atoms with E-state index in [0.717, 1.165) is 22.0 Å². The summed E-state index contributed by atoms with van der Waals surface area (Å²) in [5, 5.41) is 3.51. The Labute approximate surface area is 128 Å². The van der Waals surface area contributed by atoms with Gasteiger partial charge in [0.25, 0.3) is 0 Å². The fourth-order valence-electron chi connectivity index (χ4n) is 1.67. The minimum atomic E-state index is -0.133. The monoisotopic (exact) mass is 305 g/mol. The van der Waals surface area contributed by atoms with Crippen molar-refractivity contribution in [1.29, 1.82) is 0 Å². The summed E-state index contributed by atoms with van der Waals surface area (Å²) in [7, 11) is 0. The molecular weight excluding hydrogens is 290 g/mol. The molecular formula is C16H16ClNOS. The molecule has 104 valence electrons. The Bertz CT molecular complexity index is 574. The van der Waals surface area contributed by atoms with E-state index in [0.29, 0.717) is 0 Å². The summed E-state index contributed by atoms with van der Waals surface area (Å²) in [6.07, 6.45) is 0. The number of anilines is 1. The molecule has 1 amide bonds. The van der Waals surface area contributed by atoms with Gasteiger partial charge in [-0.1, -0.05) is 48.0 Å². The van der Waals surface area contributed by atoms with Crippen LogP contribution >= 0.6 is 23.4 Å². The highest BCUT2D eigenvalue weighted by Crippen LogP contribution is 2.24. The van der Waals surface area contributed by atoms with Gasteiger partial charge in [-0.3, -0.25) is 4.79 Å². The maximum Gasteiger partial charge on any atom is 0.237 e. The summed E-state index contributed by atoms with van der Waals surface area (Å²) in [4.78, 5) is 12.1. The predicted molar refractivity (Wildman–Crippen MR) is 87.3 cm³/mol. The second-order valence-electron chi connectivity index (χ2n) is 4.40. The number of halogens is 1. The number of amides is 1. The van der Waals surface area contributed by atoms with E-state index in [9.17, 15) is 4.79 Å². The highest BCUT2D eigenvalue weighted by molar-refractivity contribution is 7.99. The molecule has 2 rings (SSSR count). The van der Waals surface area contributed by atoms with Crippen molar-refractivity contribution < 1.29 is 4.79 Å². The Morgan fingerprint density at radius 3 is 2.50 bits per heavy atom. The topological polar surface area (TPSA) is 29.1 Å². The van der Waals surface area contributed by atoms with Crippen LogP contribution < -0.4 is 5.32 Å². The molecule has 0 aliphatic rings. The molecule has 2 aromatic rings. The standard InChI is InChI=1S/C16H16ClNOS/c1-12(16(19)18-14-8-3-2-4-9-14)20-11-13-7-5-6-10-15(13)17/h2-10,12H,11H2,1H3,(H,18,19). The van der Waals surface area contributed by atoms with E-state index in [4.69, 9.17) is 11.6 Å². The zero-order valence-corrected chi connectivity index (χ0v) is 12.7. The highest BCUT2D eigenvalue weighted by Gasteiger charge is 2.14. The van der Waals surface area contributed by atoms with Crippen molar-refractivity contribution in [2.75, 3.05) is 5.32 Å². The Balaban J connectivity index is 1.87. The molecule has 0 aromatic heterocycles. The Morgan fingerprint density at radius 1 is 1.15 bits per heavy atom. The van der Waals surface area contributed by atoms with Crippen molar-refractivity contribution in [3.63, 3.8) is 0 Å². The zero-order chi connectivity index (χ0) is 14.4. The first-order chi connectivity index (χ1) is 9.66. The maximum atomic E-state index is 12.1. The summed E-state index contributed by atoms with van der Waals surface area (Å²) in [5.74, 6) is 0.733. The fourth-order valence-corrected chi connectivity index (χ4v) is 2.84. The van der Waals surface area contributed by atoms with E-state index in [-0.39, 0.29) is 11.2 Å². The van der Waals surface area contributed by atoms with Gasteiger partial charge in [0.1, 0.15) is 0 Å². The number of thioether (sulfide) groups is 1. The zero-order valence-electron chi connectivity index (χ0n) is 11.2. The second-order valence-corrected chi connectivity index (χ2v) is 6.14. The molecule has 2 aromatic carbocycles. The summed E-state index contributed by atoms with van der Waals surface area (Å²) < 4.78 is 0. The molecule has 0 bridgehead atoms. The molecule has 0 saturated carbocycles. The van der Waals surface area contributed by atoms with Crippen LogP contribution in [0.25, 0.3) is 0 Å². The van der Waals surface area contributed by atoms with Crippen LogP contribution in [-0.4, -0.2) is 11.2 Å². The first-order valence-electron chi connectivity index (χ1n) is 6.38. The molecule has 0 heterocycles. The minimum Gasteiger partial charge on any atom is -0.325 e. The lowest BCUT2D eigenvalue weighted by molar-refractivity contribution is -0.115. The van der Waals surface area contributed by atoms with Crippen LogP contribution in [0, 0.1) is 0 Å². The number of rotatable bonds is 5. The SMILES string of the molecule is CC(SCc1ccccc1Cl)C(=O)Nc1ccccc1. The first-order valence-corrected chi connectivity index (χ1v) is 7.80. The fraction of sp³-hybridized carbons (Fsp3) is 0.188. The molecule has 0 spiro atoms. The van der Waals surface area contributed by atoms with Gasteiger partial charge < -0.3 is 5.32 Å². The number of para-hydroxylation sites is 1. The van der Waals surface area contributed by atoms with Gasteiger partial charge in [0.15, 0.2) is 0 Å². The number of nitrogens with one attached hydrogen (secondary N) is 1. The molecule has 20 heavy (non-hydrogen) atoms. The number of carbonyl (C=O) groups excluding carboxylic acids is 1. The molecule has 4 heteroatoms. The average molecular weight is 306 g/mol. The largest absolute Gasteiger partial charge is 0.325 e. The van der Waals surface area contributed by atoms with Crippen LogP contribution in [-0.2, 0) is 10.5 Å². The van der Waals surface area contributed by atoms with Gasteiger partial charge in [-0.2, -0.15) is 0 Å². The van der Waals surface area contributed by atoms with E-state index in [1.54, 1.807) is 11.8 Å². The molecule has 1 N–H and O–H groups in total. The van der Waals surface area contributed by atoms with Gasteiger partial charge in [-0.05, 0) is 30.7 Å². The van der Waals surface area contributed by atoms with Crippen LogP contribution in [0.5, 0.6) is 0 Å². The second kappa shape index (κ2) is 7.36. The molecule has 1 unspecified atom stereocenters. The molecule has 2 nitrogen and oxygen atoms in total. The van der Waals surface area contributed by atoms with Crippen LogP contribution in [0.2, 0.25) is 5.02 Å². The summed E-state index contributed by atoms with van der Waals surface area (Å²) in [5.41, 5.74) is 1.88. The van der Waals surface area contributed by atoms with Crippen molar-refractivity contribution in [1.82, 2.24) is 0 Å². The van der Waals surface area contributed by atoms with Gasteiger partial charge in [-0.15, -0.1) is 11.8 Å². The smallest absolute Gasteiger partial charge is 0.237 e. The lowest BCUT2D eigenvalue weighted by atomic mass is 10.2. The van der Waals surface area contributed by atoms with Gasteiger partial charge in [0.2, 0.25) is 5.91 Å². The van der Waals surface area contributed by atoms with Crippen LogP contribution in [0.1, 0.15) is 12.5 Å². The van der Waals surface area contributed by atoms with Crippen molar-refractivity contribution in [2.45, 2.75) is 17.9 Å². The van der Waals surface area contributed by atoms with Crippen molar-refractivity contribution in [3.8, 4) is 0 Å². The van der Waals surface area contributed by atoms with E-state index >= 15 is 0 Å². The Morgan fingerprint density at radius 2 is 1.80 bits per heavy atom. The quantitative estimate of drug-likeness (QED) is 0.874. The summed E-state index contributed by atoms with van der Waals surface area (Å²) in [6.45, 7) is 1.90. The molecule has 1 atom stereocenters. The third kappa shape index (κ3) is 4.29. The third-order valence-corrected chi connectivity index (χ3v) is 4.42. The number of hydrogen-bond donors (Lipinski definition) is 1. The first kappa shape index (κ1) is 14.9. The third-order valence-electron chi connectivity index (χ3n) is 2.86. The molecule has 0 radical (unpaired) electrons. The van der Waals surface area contributed by atoms with Crippen LogP contribution in [0.4, 0.5) is 5.69 Å². The molecule has 0 fully saturated rings. The Hall–Kier alpha value is -1.45. The number of benzene rings is 2. The summed E-state index contributed by atoms with van der Waals surface area (Å²) in [6, 6.07) is 17.2. The van der Waals surface area contributed by atoms with Gasteiger partial charge in [0, 0.05) is 16.5 Å². The minimum absolute atomic E-state index is 0.00764. The predicted octanol–water partition coefficient (Wildman–Crippen LogP) is 4.60. The van der Waals surface area contributed by atoms with Crippen LogP contribution in [0.15, 0.2) is 54.6 Å². The van der Waals surface area contributed by atoms with Gasteiger partial charge in [-0.25, -0.2) is 0 Å². The summed E-state index contributed by atoms with van der Waals surface area (Å²) >= 11 is 7.68. The van der Waals surface area contributed by atoms with E-state index in [2.05, 4.69) is 5.32 Å². The van der Waals surface area contributed by atoms with Crippen LogP contribution in [0.3, 0.4) is 0 Å². The van der Waals surface area contributed by atoms with Crippen molar-refractivity contribution in [2.24, 2.45) is 0 Å². The molecule has 0 saturated heterocycles. The molecule has 0 aliphatic heterocycles. The maximum absolute atomic E-state index is 12.1. The highest BCUT2D eigenvalue weighted by atomic mass is 35.5. The number of hydrogen-bond acceptors (Lipinski definition) is 2. The van der Waals surface area contributed by atoms with Gasteiger partial charge >= 0.3 is 0 Å². The van der Waals surface area contributed by atoms with Gasteiger partial charge in [0.05, 0.1) is 5.25 Å². The normalized spacial score (nSPS) is 11.9. The average Bonchev–Trinajstić information content (AvgIpc) is 2.47. The van der Waals surface area contributed by atoms with E-state index in [1.807, 2.05) is 61.5 Å². The Kier molecular flexibility index (Phi) is 5.50. The lowest BCUT2D eigenvalue weighted by Crippen LogP contribution is -2.22. The lowest BCUT2D eigenvalue weighted by Gasteiger charge is -2.12.